The molecule has 0 heterocycles. The van der Waals surface area contributed by atoms with E-state index in [1.165, 1.54) is 13.0 Å². The predicted molar refractivity (Wildman–Crippen MR) is 63.3 cm³/mol. The highest BCUT2D eigenvalue weighted by Gasteiger charge is 2.25. The van der Waals surface area contributed by atoms with Crippen molar-refractivity contribution >= 4 is 23.4 Å². The number of benzene rings is 1. The molecule has 104 valence electrons. The maximum absolute atomic E-state index is 12.9. The second-order valence-electron chi connectivity index (χ2n) is 3.90. The van der Waals surface area contributed by atoms with Crippen LogP contribution in [0.4, 0.5) is 8.78 Å². The van der Waals surface area contributed by atoms with Crippen LogP contribution in [0, 0.1) is 0 Å². The fraction of sp³-hybridized carbons (Fsp3) is 0.333. The number of alkyl halides is 3. The molecule has 0 radical (unpaired) electrons. The van der Waals surface area contributed by atoms with E-state index in [4.69, 9.17) is 16.7 Å². The Hall–Kier alpha value is -1.53. The van der Waals surface area contributed by atoms with Crippen molar-refractivity contribution in [2.45, 2.75) is 24.8 Å². The first-order chi connectivity index (χ1) is 8.75. The third kappa shape index (κ3) is 3.48. The number of aliphatic carboxylic acids is 1. The summed E-state index contributed by atoms with van der Waals surface area (Å²) in [7, 11) is 0. The Balaban J connectivity index is 3.30. The molecule has 1 aromatic rings. The quantitative estimate of drug-likeness (QED) is 0.818. The van der Waals surface area contributed by atoms with Gasteiger partial charge in [0, 0.05) is 11.1 Å². The Kier molecular flexibility index (Phi) is 4.97. The number of carbonyl (C=O) groups is 2. The summed E-state index contributed by atoms with van der Waals surface area (Å²) >= 11 is 5.74. The van der Waals surface area contributed by atoms with Crippen LogP contribution in [-0.2, 0) is 9.59 Å². The molecule has 0 spiro atoms. The van der Waals surface area contributed by atoms with E-state index in [1.54, 1.807) is 0 Å². The molecule has 1 aromatic carbocycles. The molecule has 0 saturated carbocycles. The molecule has 0 amide bonds. The SMILES string of the molecule is CC(=O)C(Cl)c1ccc(C(O)C(=O)O)c(C(F)F)c1. The van der Waals surface area contributed by atoms with Crippen molar-refractivity contribution in [2.75, 3.05) is 0 Å². The summed E-state index contributed by atoms with van der Waals surface area (Å²) in [5.41, 5.74) is -0.941. The zero-order chi connectivity index (χ0) is 14.7. The molecule has 4 nitrogen and oxygen atoms in total. The summed E-state index contributed by atoms with van der Waals surface area (Å²) < 4.78 is 25.7. The van der Waals surface area contributed by atoms with Crippen LogP contribution in [-0.4, -0.2) is 22.0 Å². The number of halogens is 3. The smallest absolute Gasteiger partial charge is 0.337 e. The highest BCUT2D eigenvalue weighted by atomic mass is 35.5. The van der Waals surface area contributed by atoms with Gasteiger partial charge in [-0.2, -0.15) is 0 Å². The van der Waals surface area contributed by atoms with Crippen LogP contribution in [0.25, 0.3) is 0 Å². The van der Waals surface area contributed by atoms with Crippen LogP contribution in [0.1, 0.15) is 41.5 Å². The topological polar surface area (TPSA) is 74.6 Å². The maximum Gasteiger partial charge on any atom is 0.337 e. The normalized spacial score (nSPS) is 14.2. The van der Waals surface area contributed by atoms with Crippen LogP contribution in [0.15, 0.2) is 18.2 Å². The zero-order valence-electron chi connectivity index (χ0n) is 9.81. The number of aliphatic hydroxyl groups is 1. The van der Waals surface area contributed by atoms with Crippen molar-refractivity contribution in [3.05, 3.63) is 34.9 Å². The van der Waals surface area contributed by atoms with Gasteiger partial charge in [0.1, 0.15) is 5.38 Å². The van der Waals surface area contributed by atoms with E-state index in [0.717, 1.165) is 12.1 Å². The fourth-order valence-corrected chi connectivity index (χ4v) is 1.69. The van der Waals surface area contributed by atoms with Crippen LogP contribution < -0.4 is 0 Å². The third-order valence-corrected chi connectivity index (χ3v) is 3.08. The largest absolute Gasteiger partial charge is 0.479 e. The molecule has 0 aromatic heterocycles. The van der Waals surface area contributed by atoms with Crippen LogP contribution in [0.3, 0.4) is 0 Å². The third-order valence-electron chi connectivity index (χ3n) is 2.52. The van der Waals surface area contributed by atoms with Crippen LogP contribution >= 0.6 is 11.6 Å². The van der Waals surface area contributed by atoms with Gasteiger partial charge in [-0.05, 0) is 18.6 Å². The van der Waals surface area contributed by atoms with E-state index in [0.29, 0.717) is 0 Å². The standard InChI is InChI=1S/C12H11ClF2O4/c1-5(16)9(13)6-2-3-7(10(17)12(18)19)8(4-6)11(14)15/h2-4,9-11,17H,1H3,(H,18,19). The lowest BCUT2D eigenvalue weighted by atomic mass is 9.97. The number of aliphatic hydroxyl groups excluding tert-OH is 1. The molecule has 19 heavy (non-hydrogen) atoms. The van der Waals surface area contributed by atoms with Crippen molar-refractivity contribution in [2.24, 2.45) is 0 Å². The molecule has 0 fully saturated rings. The molecule has 0 aliphatic carbocycles. The summed E-state index contributed by atoms with van der Waals surface area (Å²) in [5, 5.41) is 16.9. The molecule has 7 heteroatoms. The maximum atomic E-state index is 12.9. The lowest BCUT2D eigenvalue weighted by molar-refractivity contribution is -0.147. The number of carboxylic acid groups (broad SMARTS) is 1. The van der Waals surface area contributed by atoms with Crippen LogP contribution in [0.2, 0.25) is 0 Å². The zero-order valence-corrected chi connectivity index (χ0v) is 10.6. The number of ketones is 1. The highest BCUT2D eigenvalue weighted by Crippen LogP contribution is 2.32. The van der Waals surface area contributed by atoms with Gasteiger partial charge in [0.25, 0.3) is 6.43 Å². The second-order valence-corrected chi connectivity index (χ2v) is 4.34. The summed E-state index contributed by atoms with van der Waals surface area (Å²) in [5.74, 6) is -2.06. The summed E-state index contributed by atoms with van der Waals surface area (Å²) in [6.07, 6.45) is -5.04. The van der Waals surface area contributed by atoms with E-state index in [9.17, 15) is 23.5 Å². The predicted octanol–water partition coefficient (Wildman–Crippen LogP) is 2.61. The number of carbonyl (C=O) groups excluding carboxylic acids is 1. The van der Waals surface area contributed by atoms with Gasteiger partial charge in [0.2, 0.25) is 0 Å². The van der Waals surface area contributed by atoms with Crippen molar-refractivity contribution in [1.82, 2.24) is 0 Å². The van der Waals surface area contributed by atoms with Gasteiger partial charge in [-0.15, -0.1) is 11.6 Å². The first kappa shape index (κ1) is 15.5. The number of hydrogen-bond donors (Lipinski definition) is 2. The van der Waals surface area contributed by atoms with E-state index >= 15 is 0 Å². The molecule has 2 N–H and O–H groups in total. The first-order valence-corrected chi connectivity index (χ1v) is 5.66. The Bertz CT molecular complexity index is 505. The summed E-state index contributed by atoms with van der Waals surface area (Å²) in [6.45, 7) is 1.21. The van der Waals surface area contributed by atoms with Crippen molar-refractivity contribution in [3.8, 4) is 0 Å². The van der Waals surface area contributed by atoms with Gasteiger partial charge in [-0.1, -0.05) is 12.1 Å². The Morgan fingerprint density at radius 1 is 1.26 bits per heavy atom. The molecule has 2 unspecified atom stereocenters. The lowest BCUT2D eigenvalue weighted by Gasteiger charge is -2.15. The van der Waals surface area contributed by atoms with Gasteiger partial charge >= 0.3 is 5.97 Å². The molecule has 0 aliphatic heterocycles. The Morgan fingerprint density at radius 3 is 2.26 bits per heavy atom. The van der Waals surface area contributed by atoms with E-state index in [1.807, 2.05) is 0 Å². The molecular formula is C12H11ClF2O4. The Labute approximate surface area is 112 Å². The molecule has 0 saturated heterocycles. The Morgan fingerprint density at radius 2 is 1.84 bits per heavy atom. The average Bonchev–Trinajstić information content (AvgIpc) is 2.35. The van der Waals surface area contributed by atoms with Crippen molar-refractivity contribution in [3.63, 3.8) is 0 Å². The lowest BCUT2D eigenvalue weighted by Crippen LogP contribution is -2.14. The second kappa shape index (κ2) is 6.08. The van der Waals surface area contributed by atoms with E-state index < -0.39 is 40.8 Å². The van der Waals surface area contributed by atoms with Gasteiger partial charge < -0.3 is 10.2 Å². The van der Waals surface area contributed by atoms with Gasteiger partial charge in [-0.3, -0.25) is 4.79 Å². The first-order valence-electron chi connectivity index (χ1n) is 5.23. The molecule has 0 aliphatic rings. The van der Waals surface area contributed by atoms with Gasteiger partial charge in [0.15, 0.2) is 11.9 Å². The summed E-state index contributed by atoms with van der Waals surface area (Å²) in [4.78, 5) is 21.7. The van der Waals surface area contributed by atoms with Crippen LogP contribution in [0.5, 0.6) is 0 Å². The monoisotopic (exact) mass is 292 g/mol. The molecule has 0 bridgehead atoms. The average molecular weight is 293 g/mol. The summed E-state index contributed by atoms with van der Waals surface area (Å²) in [6, 6.07) is 3.21. The molecule has 2 atom stereocenters. The fourth-order valence-electron chi connectivity index (χ4n) is 1.56. The van der Waals surface area contributed by atoms with Gasteiger partial charge in [-0.25, -0.2) is 13.6 Å². The molecule has 1 rings (SSSR count). The minimum Gasteiger partial charge on any atom is -0.479 e. The highest BCUT2D eigenvalue weighted by molar-refractivity contribution is 6.30. The minimum absolute atomic E-state index is 0.130. The number of Topliss-reactive ketones (excluding diaryl/α,β-unsaturated/α-hetero) is 1. The van der Waals surface area contributed by atoms with E-state index in [-0.39, 0.29) is 5.56 Å². The molecular weight excluding hydrogens is 282 g/mol. The number of carboxylic acids is 1. The number of rotatable bonds is 5. The number of hydrogen-bond acceptors (Lipinski definition) is 3. The minimum atomic E-state index is -2.99. The van der Waals surface area contributed by atoms with Gasteiger partial charge in [0.05, 0.1) is 0 Å². The van der Waals surface area contributed by atoms with Crippen molar-refractivity contribution in [1.29, 1.82) is 0 Å². The van der Waals surface area contributed by atoms with E-state index in [2.05, 4.69) is 0 Å². The van der Waals surface area contributed by atoms with Crippen molar-refractivity contribution < 1.29 is 28.6 Å².